The van der Waals surface area contributed by atoms with Crippen molar-refractivity contribution in [3.05, 3.63) is 65.0 Å². The molecule has 6 heteroatoms. The molecule has 1 heterocycles. The lowest BCUT2D eigenvalue weighted by molar-refractivity contribution is -0.136. The standard InChI is InChI=1S/C17H16N4O2/c1-11-4-2-3-5-14(11)15-8-12(9-16-18-20-21-19-16)6-7-13(15)10-17(22)23/h2-8H,9-10H2,1H3,(H,22,23)(H,18,19,20,21). The first kappa shape index (κ1) is 14.9. The fraction of sp³-hybridized carbons (Fsp3) is 0.176. The van der Waals surface area contributed by atoms with Gasteiger partial charge >= 0.3 is 5.97 Å². The molecular weight excluding hydrogens is 292 g/mol. The Kier molecular flexibility index (Phi) is 4.14. The SMILES string of the molecule is Cc1ccccc1-c1cc(Cc2nnn[nH]2)ccc1CC(=O)O. The quantitative estimate of drug-likeness (QED) is 0.755. The monoisotopic (exact) mass is 308 g/mol. The maximum absolute atomic E-state index is 11.1. The van der Waals surface area contributed by atoms with E-state index in [1.54, 1.807) is 0 Å². The Labute approximate surface area is 133 Å². The van der Waals surface area contributed by atoms with Crippen molar-refractivity contribution in [1.29, 1.82) is 0 Å². The highest BCUT2D eigenvalue weighted by Gasteiger charge is 2.12. The van der Waals surface area contributed by atoms with Gasteiger partial charge in [-0.1, -0.05) is 42.5 Å². The van der Waals surface area contributed by atoms with Gasteiger partial charge in [-0.3, -0.25) is 4.79 Å². The number of benzene rings is 2. The minimum Gasteiger partial charge on any atom is -0.481 e. The maximum atomic E-state index is 11.1. The molecule has 0 spiro atoms. The molecular formula is C17H16N4O2. The van der Waals surface area contributed by atoms with Crippen LogP contribution in [0.2, 0.25) is 0 Å². The van der Waals surface area contributed by atoms with Gasteiger partial charge in [0.2, 0.25) is 0 Å². The van der Waals surface area contributed by atoms with E-state index in [0.29, 0.717) is 12.2 Å². The van der Waals surface area contributed by atoms with Gasteiger partial charge in [0, 0.05) is 6.42 Å². The summed E-state index contributed by atoms with van der Waals surface area (Å²) in [4.78, 5) is 11.1. The van der Waals surface area contributed by atoms with Gasteiger partial charge in [0.25, 0.3) is 0 Å². The fourth-order valence-corrected chi connectivity index (χ4v) is 2.62. The molecule has 0 bridgehead atoms. The lowest BCUT2D eigenvalue weighted by Gasteiger charge is -2.13. The first-order valence-electron chi connectivity index (χ1n) is 7.25. The summed E-state index contributed by atoms with van der Waals surface area (Å²) in [6.07, 6.45) is 0.563. The van der Waals surface area contributed by atoms with Crippen molar-refractivity contribution in [2.45, 2.75) is 19.8 Å². The number of carboxylic acid groups (broad SMARTS) is 1. The number of rotatable bonds is 5. The second-order valence-corrected chi connectivity index (χ2v) is 5.40. The summed E-state index contributed by atoms with van der Waals surface area (Å²) >= 11 is 0. The van der Waals surface area contributed by atoms with Gasteiger partial charge in [-0.05, 0) is 45.2 Å². The Bertz CT molecular complexity index is 828. The van der Waals surface area contributed by atoms with Crippen LogP contribution < -0.4 is 0 Å². The number of carboxylic acids is 1. The number of aliphatic carboxylic acids is 1. The molecule has 0 saturated carbocycles. The summed E-state index contributed by atoms with van der Waals surface area (Å²) in [6, 6.07) is 13.8. The molecule has 0 aliphatic rings. The van der Waals surface area contributed by atoms with Crippen molar-refractivity contribution in [3.63, 3.8) is 0 Å². The van der Waals surface area contributed by atoms with Gasteiger partial charge in [-0.2, -0.15) is 0 Å². The largest absolute Gasteiger partial charge is 0.481 e. The van der Waals surface area contributed by atoms with Gasteiger partial charge in [0.15, 0.2) is 5.82 Å². The molecule has 0 aliphatic carbocycles. The third-order valence-electron chi connectivity index (χ3n) is 3.71. The summed E-state index contributed by atoms with van der Waals surface area (Å²) in [5.41, 5.74) is 4.91. The Morgan fingerprint density at radius 1 is 1.17 bits per heavy atom. The number of hydrogen-bond acceptors (Lipinski definition) is 4. The Hall–Kier alpha value is -3.02. The molecule has 0 amide bonds. The molecule has 3 aromatic rings. The van der Waals surface area contributed by atoms with E-state index in [1.807, 2.05) is 49.4 Å². The van der Waals surface area contributed by atoms with Crippen molar-refractivity contribution < 1.29 is 9.90 Å². The van der Waals surface area contributed by atoms with Gasteiger partial charge in [0.05, 0.1) is 6.42 Å². The van der Waals surface area contributed by atoms with E-state index in [2.05, 4.69) is 20.6 Å². The third kappa shape index (κ3) is 3.42. The molecule has 2 aromatic carbocycles. The third-order valence-corrected chi connectivity index (χ3v) is 3.71. The second kappa shape index (κ2) is 6.39. The number of nitrogens with zero attached hydrogens (tertiary/aromatic N) is 3. The van der Waals surface area contributed by atoms with Crippen LogP contribution in [0.3, 0.4) is 0 Å². The molecule has 2 N–H and O–H groups in total. The van der Waals surface area contributed by atoms with Crippen molar-refractivity contribution in [2.24, 2.45) is 0 Å². The van der Waals surface area contributed by atoms with Crippen LogP contribution in [0.25, 0.3) is 11.1 Å². The lowest BCUT2D eigenvalue weighted by Crippen LogP contribution is -2.03. The van der Waals surface area contributed by atoms with Crippen molar-refractivity contribution in [3.8, 4) is 11.1 Å². The van der Waals surface area contributed by atoms with Crippen LogP contribution in [0.4, 0.5) is 0 Å². The average molecular weight is 308 g/mol. The molecule has 0 unspecified atom stereocenters. The van der Waals surface area contributed by atoms with Crippen LogP contribution in [-0.2, 0) is 17.6 Å². The molecule has 0 saturated heterocycles. The molecule has 1 aromatic heterocycles. The summed E-state index contributed by atoms with van der Waals surface area (Å²) < 4.78 is 0. The van der Waals surface area contributed by atoms with Crippen molar-refractivity contribution >= 4 is 5.97 Å². The van der Waals surface area contributed by atoms with Gasteiger partial charge in [-0.25, -0.2) is 5.10 Å². The van der Waals surface area contributed by atoms with Crippen molar-refractivity contribution in [2.75, 3.05) is 0 Å². The number of carbonyl (C=O) groups is 1. The Morgan fingerprint density at radius 2 is 2.00 bits per heavy atom. The molecule has 6 nitrogen and oxygen atoms in total. The van der Waals surface area contributed by atoms with Gasteiger partial charge in [-0.15, -0.1) is 5.10 Å². The van der Waals surface area contributed by atoms with E-state index in [0.717, 1.165) is 27.8 Å². The van der Waals surface area contributed by atoms with E-state index >= 15 is 0 Å². The zero-order valence-corrected chi connectivity index (χ0v) is 12.7. The minimum absolute atomic E-state index is 0.00614. The van der Waals surface area contributed by atoms with E-state index in [4.69, 9.17) is 5.11 Å². The van der Waals surface area contributed by atoms with Crippen molar-refractivity contribution in [1.82, 2.24) is 20.6 Å². The maximum Gasteiger partial charge on any atom is 0.307 e. The van der Waals surface area contributed by atoms with Crippen LogP contribution in [0, 0.1) is 6.92 Å². The Morgan fingerprint density at radius 3 is 2.70 bits per heavy atom. The topological polar surface area (TPSA) is 91.8 Å². The summed E-state index contributed by atoms with van der Waals surface area (Å²) in [5.74, 6) is -0.168. The average Bonchev–Trinajstić information content (AvgIpc) is 3.02. The summed E-state index contributed by atoms with van der Waals surface area (Å²) in [7, 11) is 0. The number of aromatic nitrogens is 4. The number of nitrogens with one attached hydrogen (secondary N) is 1. The molecule has 0 aliphatic heterocycles. The zero-order chi connectivity index (χ0) is 16.2. The van der Waals surface area contributed by atoms with E-state index in [9.17, 15) is 4.79 Å². The van der Waals surface area contributed by atoms with Crippen LogP contribution in [0.1, 0.15) is 22.5 Å². The molecule has 0 fully saturated rings. The molecule has 3 rings (SSSR count). The number of H-pyrrole nitrogens is 1. The van der Waals surface area contributed by atoms with Gasteiger partial charge < -0.3 is 5.11 Å². The van der Waals surface area contributed by atoms with Crippen LogP contribution >= 0.6 is 0 Å². The predicted octanol–water partition coefficient (Wildman–Crippen LogP) is 2.39. The lowest BCUT2D eigenvalue weighted by atomic mass is 9.92. The van der Waals surface area contributed by atoms with E-state index in [1.165, 1.54) is 0 Å². The van der Waals surface area contributed by atoms with Gasteiger partial charge in [0.1, 0.15) is 0 Å². The highest BCUT2D eigenvalue weighted by Crippen LogP contribution is 2.29. The smallest absolute Gasteiger partial charge is 0.307 e. The van der Waals surface area contributed by atoms with Crippen LogP contribution in [0.15, 0.2) is 42.5 Å². The van der Waals surface area contributed by atoms with Crippen LogP contribution in [-0.4, -0.2) is 31.7 Å². The number of aryl methyl sites for hydroxylation is 1. The second-order valence-electron chi connectivity index (χ2n) is 5.40. The van der Waals surface area contributed by atoms with E-state index in [-0.39, 0.29) is 6.42 Å². The summed E-state index contributed by atoms with van der Waals surface area (Å²) in [5, 5.41) is 22.9. The fourth-order valence-electron chi connectivity index (χ4n) is 2.62. The number of aromatic amines is 1. The van der Waals surface area contributed by atoms with E-state index < -0.39 is 5.97 Å². The summed E-state index contributed by atoms with van der Waals surface area (Å²) in [6.45, 7) is 2.02. The molecule has 23 heavy (non-hydrogen) atoms. The first-order chi connectivity index (χ1) is 11.1. The highest BCUT2D eigenvalue weighted by molar-refractivity contribution is 5.78. The first-order valence-corrected chi connectivity index (χ1v) is 7.25. The molecule has 0 radical (unpaired) electrons. The predicted molar refractivity (Wildman–Crippen MR) is 84.9 cm³/mol. The zero-order valence-electron chi connectivity index (χ0n) is 12.7. The van der Waals surface area contributed by atoms with Crippen LogP contribution in [0.5, 0.6) is 0 Å². The number of tetrazole rings is 1. The highest BCUT2D eigenvalue weighted by atomic mass is 16.4. The Balaban J connectivity index is 2.05. The molecule has 116 valence electrons. The number of hydrogen-bond donors (Lipinski definition) is 2. The normalized spacial score (nSPS) is 10.7. The minimum atomic E-state index is -0.841. The molecule has 0 atom stereocenters.